The lowest BCUT2D eigenvalue weighted by Gasteiger charge is -2.31. The van der Waals surface area contributed by atoms with Crippen LogP contribution in [0.4, 0.5) is 4.79 Å². The minimum absolute atomic E-state index is 0.222. The Morgan fingerprint density at radius 3 is 2.39 bits per heavy atom. The molecule has 9 nitrogen and oxygen atoms in total. The van der Waals surface area contributed by atoms with Crippen molar-refractivity contribution in [3.8, 4) is 0 Å². The molecule has 1 aromatic carbocycles. The average Bonchev–Trinajstić information content (AvgIpc) is 2.81. The Morgan fingerprint density at radius 2 is 1.83 bits per heavy atom. The molecule has 1 atom stereocenters. The third-order valence-corrected chi connectivity index (χ3v) is 7.13. The molecule has 1 unspecified atom stereocenters. The van der Waals surface area contributed by atoms with E-state index in [1.54, 1.807) is 37.8 Å². The molecule has 0 bridgehead atoms. The van der Waals surface area contributed by atoms with Gasteiger partial charge in [0, 0.05) is 30.0 Å². The van der Waals surface area contributed by atoms with Crippen molar-refractivity contribution >= 4 is 64.9 Å². The number of hydrogen-bond donors (Lipinski definition) is 3. The van der Waals surface area contributed by atoms with E-state index in [1.165, 1.54) is 17.8 Å². The minimum Gasteiger partial charge on any atom is -0.480 e. The third kappa shape index (κ3) is 8.90. The number of alkyl carbamates (subject to hydrolysis) is 1. The Morgan fingerprint density at radius 1 is 1.19 bits per heavy atom. The molecule has 0 aromatic heterocycles. The predicted molar refractivity (Wildman–Crippen MR) is 140 cm³/mol. The molecule has 3 amide bonds. The molecule has 1 aromatic rings. The maximum Gasteiger partial charge on any atom is 0.407 e. The summed E-state index contributed by atoms with van der Waals surface area (Å²) in [6.45, 7) is 5.42. The van der Waals surface area contributed by atoms with Crippen LogP contribution in [0.3, 0.4) is 0 Å². The highest BCUT2D eigenvalue weighted by Crippen LogP contribution is 2.35. The van der Waals surface area contributed by atoms with Crippen LogP contribution in [0.2, 0.25) is 10.0 Å². The number of amides is 3. The van der Waals surface area contributed by atoms with Crippen molar-refractivity contribution in [2.24, 2.45) is 5.92 Å². The molecule has 1 aliphatic rings. The molecular weight excluding hydrogens is 529 g/mol. The first-order valence-electron chi connectivity index (χ1n) is 11.3. The Hall–Kier alpha value is -2.43. The van der Waals surface area contributed by atoms with Gasteiger partial charge in [0.1, 0.15) is 11.6 Å². The fraction of sp³-hybridized carbons (Fsp3) is 0.500. The number of piperidine rings is 1. The summed E-state index contributed by atoms with van der Waals surface area (Å²) in [6, 6.07) is 2.32. The Balaban J connectivity index is 1.87. The summed E-state index contributed by atoms with van der Waals surface area (Å²) < 4.78 is 5.08. The number of ether oxygens (including phenoxy) is 1. The Kier molecular flexibility index (Phi) is 10.9. The van der Waals surface area contributed by atoms with Gasteiger partial charge < -0.3 is 25.4 Å². The van der Waals surface area contributed by atoms with Crippen molar-refractivity contribution in [2.45, 2.75) is 50.2 Å². The van der Waals surface area contributed by atoms with Gasteiger partial charge in [0.15, 0.2) is 0 Å². The number of carbonyl (C=O) groups is 4. The molecule has 198 valence electrons. The number of carbonyl (C=O) groups excluding carboxylic acids is 3. The molecule has 2 rings (SSSR count). The quantitative estimate of drug-likeness (QED) is 0.324. The molecule has 1 fully saturated rings. The van der Waals surface area contributed by atoms with Crippen LogP contribution in [0.5, 0.6) is 0 Å². The fourth-order valence-electron chi connectivity index (χ4n) is 3.45. The van der Waals surface area contributed by atoms with Crippen LogP contribution in [0, 0.1) is 5.92 Å². The van der Waals surface area contributed by atoms with Crippen molar-refractivity contribution in [1.82, 2.24) is 15.5 Å². The number of thioether (sulfide) groups is 1. The second kappa shape index (κ2) is 13.2. The SMILES string of the molecule is CSc1ccc(C=CC(=O)N2CCC(C(=O)NC(CNC(=O)OC(C)(C)C)C(=O)O)CC2)c(Cl)c1Cl. The average molecular weight is 561 g/mol. The molecule has 1 aliphatic heterocycles. The molecule has 0 aliphatic carbocycles. The number of benzene rings is 1. The van der Waals surface area contributed by atoms with E-state index in [0.717, 1.165) is 4.90 Å². The van der Waals surface area contributed by atoms with Crippen molar-refractivity contribution in [3.05, 3.63) is 33.8 Å². The van der Waals surface area contributed by atoms with Crippen LogP contribution < -0.4 is 10.6 Å². The van der Waals surface area contributed by atoms with Gasteiger partial charge in [-0.3, -0.25) is 9.59 Å². The normalized spacial score (nSPS) is 15.4. The summed E-state index contributed by atoms with van der Waals surface area (Å²) >= 11 is 14.0. The number of aliphatic carboxylic acids is 1. The summed E-state index contributed by atoms with van der Waals surface area (Å²) in [4.78, 5) is 51.0. The van der Waals surface area contributed by atoms with Crippen LogP contribution >= 0.6 is 35.0 Å². The van der Waals surface area contributed by atoms with Crippen molar-refractivity contribution in [1.29, 1.82) is 0 Å². The van der Waals surface area contributed by atoms with Crippen LogP contribution in [-0.2, 0) is 19.1 Å². The highest BCUT2D eigenvalue weighted by Gasteiger charge is 2.30. The van der Waals surface area contributed by atoms with Crippen molar-refractivity contribution in [2.75, 3.05) is 25.9 Å². The van der Waals surface area contributed by atoms with Gasteiger partial charge in [-0.05, 0) is 57.6 Å². The van der Waals surface area contributed by atoms with Gasteiger partial charge >= 0.3 is 12.1 Å². The number of nitrogens with one attached hydrogen (secondary N) is 2. The molecular formula is C24H31Cl2N3O6S. The maximum atomic E-state index is 12.6. The zero-order chi connectivity index (χ0) is 27.0. The number of carboxylic acids is 1. The smallest absolute Gasteiger partial charge is 0.407 e. The van der Waals surface area contributed by atoms with Crippen LogP contribution in [0.1, 0.15) is 39.2 Å². The minimum atomic E-state index is -1.30. The molecule has 1 heterocycles. The van der Waals surface area contributed by atoms with Gasteiger partial charge in [-0.1, -0.05) is 29.3 Å². The van der Waals surface area contributed by atoms with Gasteiger partial charge in [0.2, 0.25) is 11.8 Å². The molecule has 0 spiro atoms. The zero-order valence-electron chi connectivity index (χ0n) is 20.6. The summed E-state index contributed by atoms with van der Waals surface area (Å²) in [6.07, 6.45) is 4.90. The lowest BCUT2D eigenvalue weighted by atomic mass is 9.95. The van der Waals surface area contributed by atoms with E-state index in [2.05, 4.69) is 10.6 Å². The van der Waals surface area contributed by atoms with Crippen LogP contribution in [0.25, 0.3) is 6.08 Å². The van der Waals surface area contributed by atoms with Gasteiger partial charge in [0.05, 0.1) is 16.6 Å². The predicted octanol–water partition coefficient (Wildman–Crippen LogP) is 4.06. The fourth-order valence-corrected chi connectivity index (χ4v) is 4.62. The molecule has 1 saturated heterocycles. The van der Waals surface area contributed by atoms with Crippen molar-refractivity contribution in [3.63, 3.8) is 0 Å². The summed E-state index contributed by atoms with van der Waals surface area (Å²) in [7, 11) is 0. The number of likely N-dealkylation sites (tertiary alicyclic amines) is 1. The van der Waals surface area contributed by atoms with E-state index in [4.69, 9.17) is 27.9 Å². The molecule has 3 N–H and O–H groups in total. The van der Waals surface area contributed by atoms with Crippen LogP contribution in [0.15, 0.2) is 23.1 Å². The van der Waals surface area contributed by atoms with Gasteiger partial charge in [-0.2, -0.15) is 0 Å². The topological polar surface area (TPSA) is 125 Å². The lowest BCUT2D eigenvalue weighted by molar-refractivity contribution is -0.142. The van der Waals surface area contributed by atoms with E-state index in [0.29, 0.717) is 41.5 Å². The largest absolute Gasteiger partial charge is 0.480 e. The zero-order valence-corrected chi connectivity index (χ0v) is 22.9. The Labute approximate surface area is 224 Å². The van der Waals surface area contributed by atoms with Crippen LogP contribution in [-0.4, -0.2) is 71.4 Å². The first-order valence-corrected chi connectivity index (χ1v) is 13.3. The summed E-state index contributed by atoms with van der Waals surface area (Å²) in [5, 5.41) is 15.0. The van der Waals surface area contributed by atoms with E-state index in [9.17, 15) is 24.3 Å². The Bertz CT molecular complexity index is 1020. The van der Waals surface area contributed by atoms with E-state index in [-0.39, 0.29) is 12.5 Å². The van der Waals surface area contributed by atoms with E-state index < -0.39 is 35.5 Å². The molecule has 0 saturated carbocycles. The number of nitrogens with zero attached hydrogens (tertiary/aromatic N) is 1. The second-order valence-corrected chi connectivity index (χ2v) is 10.8. The monoisotopic (exact) mass is 559 g/mol. The second-order valence-electron chi connectivity index (χ2n) is 9.20. The van der Waals surface area contributed by atoms with Gasteiger partial charge in [-0.15, -0.1) is 11.8 Å². The molecule has 36 heavy (non-hydrogen) atoms. The third-order valence-electron chi connectivity index (χ3n) is 5.34. The summed E-state index contributed by atoms with van der Waals surface area (Å²) in [5.41, 5.74) is -0.105. The molecule has 0 radical (unpaired) electrons. The van der Waals surface area contributed by atoms with Gasteiger partial charge in [-0.25, -0.2) is 9.59 Å². The highest BCUT2D eigenvalue weighted by molar-refractivity contribution is 7.98. The number of hydrogen-bond acceptors (Lipinski definition) is 6. The first kappa shape index (κ1) is 29.8. The number of rotatable bonds is 8. The van der Waals surface area contributed by atoms with Crippen molar-refractivity contribution < 1.29 is 29.0 Å². The van der Waals surface area contributed by atoms with E-state index in [1.807, 2.05) is 12.3 Å². The number of halogens is 2. The standard InChI is InChI=1S/C24H31Cl2N3O6S/c1-24(2,3)35-23(34)27-13-16(22(32)33)28-21(31)15-9-11-29(12-10-15)18(30)8-6-14-5-7-17(36-4)20(26)19(14)25/h5-8,15-16H,9-13H2,1-4H3,(H,27,34)(H,28,31)(H,32,33). The molecule has 12 heteroatoms. The van der Waals surface area contributed by atoms with E-state index >= 15 is 0 Å². The first-order chi connectivity index (χ1) is 16.8. The lowest BCUT2D eigenvalue weighted by Crippen LogP contribution is -2.52. The summed E-state index contributed by atoms with van der Waals surface area (Å²) in [5.74, 6) is -2.39. The number of carboxylic acid groups (broad SMARTS) is 1. The van der Waals surface area contributed by atoms with Gasteiger partial charge in [0.25, 0.3) is 0 Å². The highest BCUT2D eigenvalue weighted by atomic mass is 35.5. The maximum absolute atomic E-state index is 12.6.